The molecule has 1 saturated carbocycles. The van der Waals surface area contributed by atoms with E-state index >= 15 is 0 Å². The number of amides is 1. The van der Waals surface area contributed by atoms with Crippen molar-refractivity contribution in [2.45, 2.75) is 18.6 Å². The summed E-state index contributed by atoms with van der Waals surface area (Å²) in [5.41, 5.74) is 8.50. The van der Waals surface area contributed by atoms with Gasteiger partial charge in [-0.1, -0.05) is 24.1 Å². The number of primary amides is 1. The molecule has 30 heavy (non-hydrogen) atoms. The summed E-state index contributed by atoms with van der Waals surface area (Å²) in [4.78, 5) is 28.0. The van der Waals surface area contributed by atoms with Crippen molar-refractivity contribution >= 4 is 17.7 Å². The molecule has 154 valence electrons. The standard InChI is InChI=1S/C16H11N3O.C7H13NO2/c1-2-11-6-5-7-12(10-11)14-13-8-3-4-9-19(13)16(18-14)15(17)20;1-8(2)6-3-5(6)7(10)4-9/h1,3-10H,(H2,17,20);4-7,10H,3H2,1-2H3. The maximum absolute atomic E-state index is 11.5. The number of aldehydes is 1. The summed E-state index contributed by atoms with van der Waals surface area (Å²) in [6.07, 6.45) is 8.00. The molecule has 3 unspecified atom stereocenters. The van der Waals surface area contributed by atoms with Crippen LogP contribution in [0.25, 0.3) is 16.8 Å². The smallest absolute Gasteiger partial charge is 0.285 e. The van der Waals surface area contributed by atoms with Crippen LogP contribution in [-0.4, -0.2) is 57.8 Å². The lowest BCUT2D eigenvalue weighted by Crippen LogP contribution is -2.22. The fraction of sp³-hybridized carbons (Fsp3) is 0.261. The van der Waals surface area contributed by atoms with Crippen LogP contribution >= 0.6 is 0 Å². The molecule has 3 aromatic rings. The second-order valence-electron chi connectivity index (χ2n) is 7.39. The molecule has 3 atom stereocenters. The second-order valence-corrected chi connectivity index (χ2v) is 7.39. The van der Waals surface area contributed by atoms with Crippen LogP contribution in [0.1, 0.15) is 22.6 Å². The van der Waals surface area contributed by atoms with Crippen molar-refractivity contribution in [2.75, 3.05) is 14.1 Å². The Morgan fingerprint density at radius 1 is 1.37 bits per heavy atom. The lowest BCUT2D eigenvalue weighted by Gasteiger charge is -2.08. The molecule has 0 spiro atoms. The van der Waals surface area contributed by atoms with Crippen molar-refractivity contribution < 1.29 is 14.7 Å². The van der Waals surface area contributed by atoms with E-state index in [0.29, 0.717) is 18.0 Å². The zero-order valence-electron chi connectivity index (χ0n) is 16.9. The molecule has 1 aliphatic carbocycles. The number of imidazole rings is 1. The van der Waals surface area contributed by atoms with E-state index in [9.17, 15) is 9.59 Å². The Balaban J connectivity index is 0.000000216. The number of benzene rings is 1. The molecular weight excluding hydrogens is 380 g/mol. The van der Waals surface area contributed by atoms with Crippen LogP contribution in [0, 0.1) is 18.3 Å². The van der Waals surface area contributed by atoms with Gasteiger partial charge in [0.1, 0.15) is 12.4 Å². The molecule has 2 heterocycles. The Labute approximate surface area is 175 Å². The van der Waals surface area contributed by atoms with Crippen molar-refractivity contribution in [1.29, 1.82) is 0 Å². The third kappa shape index (κ3) is 4.40. The summed E-state index contributed by atoms with van der Waals surface area (Å²) in [6.45, 7) is 0. The average molecular weight is 404 g/mol. The first-order chi connectivity index (χ1) is 14.4. The minimum atomic E-state index is -0.743. The molecule has 1 amide bonds. The minimum Gasteiger partial charge on any atom is -0.385 e. The first-order valence-electron chi connectivity index (χ1n) is 9.51. The van der Waals surface area contributed by atoms with Gasteiger partial charge in [-0.3, -0.25) is 9.20 Å². The number of aliphatic hydroxyl groups is 1. The summed E-state index contributed by atoms with van der Waals surface area (Å²) in [5.74, 6) is 2.42. The number of aliphatic hydroxyl groups excluding tert-OH is 1. The molecule has 4 rings (SSSR count). The summed E-state index contributed by atoms with van der Waals surface area (Å²) in [5, 5.41) is 9.02. The number of aromatic nitrogens is 2. The monoisotopic (exact) mass is 404 g/mol. The Kier molecular flexibility index (Phi) is 6.31. The van der Waals surface area contributed by atoms with Gasteiger partial charge in [0.2, 0.25) is 5.82 Å². The number of nitrogens with two attached hydrogens (primary N) is 1. The predicted octanol–water partition coefficient (Wildman–Crippen LogP) is 1.58. The average Bonchev–Trinajstić information content (AvgIpc) is 3.47. The van der Waals surface area contributed by atoms with Gasteiger partial charge in [-0.2, -0.15) is 0 Å². The molecule has 0 radical (unpaired) electrons. The van der Waals surface area contributed by atoms with Gasteiger partial charge in [0.15, 0.2) is 0 Å². The lowest BCUT2D eigenvalue weighted by atomic mass is 10.1. The molecule has 1 fully saturated rings. The van der Waals surface area contributed by atoms with Crippen LogP contribution in [0.5, 0.6) is 0 Å². The third-order valence-corrected chi connectivity index (χ3v) is 5.12. The molecule has 0 bridgehead atoms. The molecule has 1 aromatic carbocycles. The van der Waals surface area contributed by atoms with Crippen LogP contribution in [0.4, 0.5) is 0 Å². The zero-order valence-corrected chi connectivity index (χ0v) is 16.9. The lowest BCUT2D eigenvalue weighted by molar-refractivity contribution is -0.115. The molecule has 0 aliphatic heterocycles. The number of nitrogens with zero attached hydrogens (tertiary/aromatic N) is 3. The van der Waals surface area contributed by atoms with Crippen LogP contribution in [0.15, 0.2) is 48.7 Å². The fourth-order valence-corrected chi connectivity index (χ4v) is 3.44. The number of carbonyl (C=O) groups excluding carboxylic acids is 2. The fourth-order valence-electron chi connectivity index (χ4n) is 3.44. The highest BCUT2D eigenvalue weighted by Gasteiger charge is 2.43. The minimum absolute atomic E-state index is 0.187. The Hall–Kier alpha value is -3.47. The largest absolute Gasteiger partial charge is 0.385 e. The Morgan fingerprint density at radius 3 is 2.73 bits per heavy atom. The molecule has 0 saturated heterocycles. The van der Waals surface area contributed by atoms with Crippen molar-refractivity contribution in [3.63, 3.8) is 0 Å². The molecule has 7 nitrogen and oxygen atoms in total. The SMILES string of the molecule is C#Cc1cccc(-c2nc(C(N)=O)n3ccccc23)c1.CN(C)C1CC1C(O)C=O. The Morgan fingerprint density at radius 2 is 2.13 bits per heavy atom. The number of pyridine rings is 1. The molecular formula is C23H24N4O3. The van der Waals surface area contributed by atoms with Crippen molar-refractivity contribution in [3.8, 4) is 23.6 Å². The van der Waals surface area contributed by atoms with E-state index in [2.05, 4.69) is 10.9 Å². The number of terminal acetylenes is 1. The summed E-state index contributed by atoms with van der Waals surface area (Å²) in [6, 6.07) is 13.5. The van der Waals surface area contributed by atoms with Gasteiger partial charge < -0.3 is 20.5 Å². The predicted molar refractivity (Wildman–Crippen MR) is 115 cm³/mol. The highest BCUT2D eigenvalue weighted by atomic mass is 16.3. The van der Waals surface area contributed by atoms with Crippen molar-refractivity contribution in [3.05, 3.63) is 60.0 Å². The van der Waals surface area contributed by atoms with E-state index in [1.807, 2.05) is 61.5 Å². The van der Waals surface area contributed by atoms with E-state index in [4.69, 9.17) is 17.3 Å². The van der Waals surface area contributed by atoms with Crippen molar-refractivity contribution in [1.82, 2.24) is 14.3 Å². The van der Waals surface area contributed by atoms with Gasteiger partial charge in [0.05, 0.1) is 11.2 Å². The van der Waals surface area contributed by atoms with Crippen LogP contribution in [0.2, 0.25) is 0 Å². The van der Waals surface area contributed by atoms with Gasteiger partial charge in [-0.25, -0.2) is 4.98 Å². The molecule has 3 N–H and O–H groups in total. The molecule has 1 aliphatic rings. The van der Waals surface area contributed by atoms with Gasteiger partial charge in [-0.05, 0) is 44.8 Å². The summed E-state index contributed by atoms with van der Waals surface area (Å²) in [7, 11) is 3.92. The van der Waals surface area contributed by atoms with E-state index in [0.717, 1.165) is 23.1 Å². The van der Waals surface area contributed by atoms with Crippen molar-refractivity contribution in [2.24, 2.45) is 11.7 Å². The third-order valence-electron chi connectivity index (χ3n) is 5.12. The van der Waals surface area contributed by atoms with Gasteiger partial charge in [0.25, 0.3) is 5.91 Å². The number of fused-ring (bicyclic) bond motifs is 1. The number of carbonyl (C=O) groups is 2. The van der Waals surface area contributed by atoms with Crippen LogP contribution in [-0.2, 0) is 4.79 Å². The highest BCUT2D eigenvalue weighted by molar-refractivity contribution is 5.93. The number of rotatable bonds is 5. The number of hydrogen-bond donors (Lipinski definition) is 2. The summed E-state index contributed by atoms with van der Waals surface area (Å²) >= 11 is 0. The van der Waals surface area contributed by atoms with Gasteiger partial charge in [0, 0.05) is 29.3 Å². The van der Waals surface area contributed by atoms with E-state index in [1.54, 1.807) is 10.6 Å². The molecule has 2 aromatic heterocycles. The molecule has 7 heteroatoms. The summed E-state index contributed by atoms with van der Waals surface area (Å²) < 4.78 is 1.68. The second kappa shape index (κ2) is 8.91. The van der Waals surface area contributed by atoms with Gasteiger partial charge >= 0.3 is 0 Å². The Bertz CT molecular complexity index is 1110. The zero-order chi connectivity index (χ0) is 21.8. The number of hydrogen-bond acceptors (Lipinski definition) is 5. The van der Waals surface area contributed by atoms with Gasteiger partial charge in [-0.15, -0.1) is 6.42 Å². The first kappa shape index (κ1) is 21.2. The van der Waals surface area contributed by atoms with Crippen LogP contribution in [0.3, 0.4) is 0 Å². The van der Waals surface area contributed by atoms with E-state index in [-0.39, 0.29) is 11.7 Å². The first-order valence-corrected chi connectivity index (χ1v) is 9.51. The topological polar surface area (TPSA) is 101 Å². The maximum Gasteiger partial charge on any atom is 0.285 e. The maximum atomic E-state index is 11.5. The van der Waals surface area contributed by atoms with Crippen LogP contribution < -0.4 is 5.73 Å². The van der Waals surface area contributed by atoms with E-state index < -0.39 is 12.0 Å². The quantitative estimate of drug-likeness (QED) is 0.497. The van der Waals surface area contributed by atoms with E-state index in [1.165, 1.54) is 0 Å². The highest BCUT2D eigenvalue weighted by Crippen LogP contribution is 2.36. The normalized spacial score (nSPS) is 18.2.